The van der Waals surface area contributed by atoms with Gasteiger partial charge >= 0.3 is 0 Å². The average Bonchev–Trinajstić information content (AvgIpc) is 3.36. The number of piperidine rings is 1. The van der Waals surface area contributed by atoms with Crippen molar-refractivity contribution < 1.29 is 13.9 Å². The second-order valence-corrected chi connectivity index (χ2v) is 8.79. The molecule has 1 fully saturated rings. The highest BCUT2D eigenvalue weighted by atomic mass is 19.1. The minimum atomic E-state index is -0.305. The molecule has 3 heterocycles. The Morgan fingerprint density at radius 3 is 2.58 bits per heavy atom. The van der Waals surface area contributed by atoms with Crippen LogP contribution in [-0.4, -0.2) is 35.6 Å². The van der Waals surface area contributed by atoms with Gasteiger partial charge in [0.1, 0.15) is 11.6 Å². The second kappa shape index (κ2) is 7.37. The van der Waals surface area contributed by atoms with Gasteiger partial charge < -0.3 is 19.5 Å². The Hall–Kier alpha value is -3.80. The summed E-state index contributed by atoms with van der Waals surface area (Å²) < 4.78 is 21.9. The molecule has 33 heavy (non-hydrogen) atoms. The van der Waals surface area contributed by atoms with E-state index in [2.05, 4.69) is 34.3 Å². The number of fused-ring (bicyclic) bond motifs is 5. The Morgan fingerprint density at radius 2 is 1.79 bits per heavy atom. The van der Waals surface area contributed by atoms with E-state index in [-0.39, 0.29) is 17.3 Å². The highest BCUT2D eigenvalue weighted by Crippen LogP contribution is 2.44. The maximum absolute atomic E-state index is 14.3. The first-order valence-electron chi connectivity index (χ1n) is 11.2. The van der Waals surface area contributed by atoms with E-state index in [1.807, 2.05) is 29.2 Å². The maximum atomic E-state index is 14.3. The van der Waals surface area contributed by atoms with Crippen molar-refractivity contribution in [2.75, 3.05) is 25.5 Å². The van der Waals surface area contributed by atoms with Crippen molar-refractivity contribution in [3.8, 4) is 11.4 Å². The Labute approximate surface area is 191 Å². The molecule has 0 aliphatic carbocycles. The van der Waals surface area contributed by atoms with E-state index in [1.165, 1.54) is 11.8 Å². The normalized spacial score (nSPS) is 16.2. The largest absolute Gasteiger partial charge is 0.497 e. The van der Waals surface area contributed by atoms with Crippen LogP contribution in [0.2, 0.25) is 0 Å². The number of carbonyl (C=O) groups excluding carboxylic acids is 1. The van der Waals surface area contributed by atoms with Crippen LogP contribution in [0.4, 0.5) is 10.1 Å². The molecule has 166 valence electrons. The van der Waals surface area contributed by atoms with Gasteiger partial charge in [0.2, 0.25) is 0 Å². The summed E-state index contributed by atoms with van der Waals surface area (Å²) in [5.41, 5.74) is 3.63. The zero-order valence-corrected chi connectivity index (χ0v) is 18.3. The van der Waals surface area contributed by atoms with E-state index in [0.717, 1.165) is 30.0 Å². The lowest BCUT2D eigenvalue weighted by atomic mass is 9.82. The van der Waals surface area contributed by atoms with Gasteiger partial charge in [0.15, 0.2) is 0 Å². The van der Waals surface area contributed by atoms with Crippen molar-refractivity contribution in [2.24, 2.45) is 0 Å². The molecule has 3 aromatic carbocycles. The molecule has 0 bridgehead atoms. The lowest BCUT2D eigenvalue weighted by Crippen LogP contribution is -2.51. The van der Waals surface area contributed by atoms with E-state index < -0.39 is 0 Å². The van der Waals surface area contributed by atoms with Crippen LogP contribution in [-0.2, 0) is 5.54 Å². The van der Waals surface area contributed by atoms with Crippen molar-refractivity contribution in [2.45, 2.75) is 18.4 Å². The summed E-state index contributed by atoms with van der Waals surface area (Å²) in [7, 11) is 1.67. The van der Waals surface area contributed by atoms with Gasteiger partial charge in [-0.2, -0.15) is 0 Å². The molecule has 1 saturated heterocycles. The Bertz CT molecular complexity index is 1390. The van der Waals surface area contributed by atoms with Gasteiger partial charge in [0.25, 0.3) is 5.91 Å². The predicted molar refractivity (Wildman–Crippen MR) is 127 cm³/mol. The fraction of sp³-hybridized carbons (Fsp3) is 0.222. The summed E-state index contributed by atoms with van der Waals surface area (Å²) in [4.78, 5) is 15.3. The standard InChI is InChI=1S/C27H24FN3O2/c1-33-18-8-11-24-23(17-18)29-27(25-7-4-14-31(24)25)12-15-30(16-13-27)26(32)21-9-10-22(28)20-6-3-2-5-19(20)21/h2-11,14,17,29H,12-13,15-16H2,1H3. The number of benzene rings is 3. The molecular weight excluding hydrogens is 417 g/mol. The quantitative estimate of drug-likeness (QED) is 0.457. The molecule has 5 nitrogen and oxygen atoms in total. The third-order valence-corrected chi connectivity index (χ3v) is 7.08. The highest BCUT2D eigenvalue weighted by molar-refractivity contribution is 6.07. The first-order chi connectivity index (χ1) is 16.1. The molecule has 0 radical (unpaired) electrons. The number of methoxy groups -OCH3 is 1. The van der Waals surface area contributed by atoms with Crippen molar-refractivity contribution >= 4 is 22.4 Å². The van der Waals surface area contributed by atoms with Crippen LogP contribution in [0.3, 0.4) is 0 Å². The number of nitrogens with one attached hydrogen (secondary N) is 1. The predicted octanol–water partition coefficient (Wildman–Crippen LogP) is 5.34. The van der Waals surface area contributed by atoms with Crippen LogP contribution >= 0.6 is 0 Å². The molecule has 0 atom stereocenters. The number of amides is 1. The number of ether oxygens (including phenoxy) is 1. The number of likely N-dealkylation sites (tertiary alicyclic amines) is 1. The Kier molecular flexibility index (Phi) is 4.43. The molecule has 1 spiro atoms. The number of rotatable bonds is 2. The topological polar surface area (TPSA) is 46.5 Å². The third-order valence-electron chi connectivity index (χ3n) is 7.08. The van der Waals surface area contributed by atoms with Gasteiger partial charge in [-0.05, 0) is 54.6 Å². The van der Waals surface area contributed by atoms with Crippen molar-refractivity contribution in [1.29, 1.82) is 0 Å². The monoisotopic (exact) mass is 441 g/mol. The smallest absolute Gasteiger partial charge is 0.254 e. The summed E-state index contributed by atoms with van der Waals surface area (Å²) in [6.45, 7) is 1.23. The summed E-state index contributed by atoms with van der Waals surface area (Å²) in [5.74, 6) is 0.457. The zero-order valence-electron chi connectivity index (χ0n) is 18.3. The van der Waals surface area contributed by atoms with Gasteiger partial charge in [-0.25, -0.2) is 4.39 Å². The lowest BCUT2D eigenvalue weighted by molar-refractivity contribution is 0.0678. The third kappa shape index (κ3) is 3.01. The molecule has 1 amide bonds. The second-order valence-electron chi connectivity index (χ2n) is 8.79. The number of hydrogen-bond donors (Lipinski definition) is 1. The number of halogens is 1. The van der Waals surface area contributed by atoms with Crippen LogP contribution in [0.15, 0.2) is 72.9 Å². The molecule has 0 saturated carbocycles. The highest BCUT2D eigenvalue weighted by Gasteiger charge is 2.42. The Morgan fingerprint density at radius 1 is 1.00 bits per heavy atom. The molecule has 1 aromatic heterocycles. The maximum Gasteiger partial charge on any atom is 0.254 e. The van der Waals surface area contributed by atoms with Gasteiger partial charge in [-0.3, -0.25) is 4.79 Å². The van der Waals surface area contributed by atoms with Gasteiger partial charge in [0, 0.05) is 42.0 Å². The number of nitrogens with zero attached hydrogens (tertiary/aromatic N) is 2. The summed E-state index contributed by atoms with van der Waals surface area (Å²) in [6, 6.07) is 20.5. The van der Waals surface area contributed by atoms with E-state index in [4.69, 9.17) is 4.74 Å². The minimum absolute atomic E-state index is 0.0469. The van der Waals surface area contributed by atoms with Gasteiger partial charge in [0.05, 0.1) is 24.0 Å². The van der Waals surface area contributed by atoms with Gasteiger partial charge in [-0.1, -0.05) is 24.3 Å². The lowest BCUT2D eigenvalue weighted by Gasteiger charge is -2.46. The fourth-order valence-electron chi connectivity index (χ4n) is 5.35. The molecule has 2 aliphatic rings. The fourth-order valence-corrected chi connectivity index (χ4v) is 5.35. The van der Waals surface area contributed by atoms with Crippen molar-refractivity contribution in [3.63, 3.8) is 0 Å². The van der Waals surface area contributed by atoms with Crippen LogP contribution in [0.25, 0.3) is 16.5 Å². The number of carbonyl (C=O) groups is 1. The van der Waals surface area contributed by atoms with E-state index in [0.29, 0.717) is 29.4 Å². The van der Waals surface area contributed by atoms with Gasteiger partial charge in [-0.15, -0.1) is 0 Å². The molecule has 1 N–H and O–H groups in total. The van der Waals surface area contributed by atoms with Crippen LogP contribution in [0.1, 0.15) is 28.9 Å². The Balaban J connectivity index is 1.30. The molecule has 6 heteroatoms. The summed E-state index contributed by atoms with van der Waals surface area (Å²) >= 11 is 0. The molecule has 2 aliphatic heterocycles. The first kappa shape index (κ1) is 19.9. The summed E-state index contributed by atoms with van der Waals surface area (Å²) in [6.07, 6.45) is 3.64. The first-order valence-corrected chi connectivity index (χ1v) is 11.2. The summed E-state index contributed by atoms with van der Waals surface area (Å²) in [5, 5.41) is 4.92. The molecule has 0 unspecified atom stereocenters. The van der Waals surface area contributed by atoms with E-state index in [9.17, 15) is 9.18 Å². The zero-order chi connectivity index (χ0) is 22.6. The SMILES string of the molecule is COc1ccc2c(c1)NC1(CCN(C(=O)c3ccc(F)c4ccccc34)CC1)c1cccn1-2. The molecule has 6 rings (SSSR count). The van der Waals surface area contributed by atoms with Crippen molar-refractivity contribution in [1.82, 2.24) is 9.47 Å². The van der Waals surface area contributed by atoms with E-state index >= 15 is 0 Å². The number of hydrogen-bond acceptors (Lipinski definition) is 3. The van der Waals surface area contributed by atoms with Crippen LogP contribution in [0, 0.1) is 5.82 Å². The van der Waals surface area contributed by atoms with Crippen LogP contribution < -0.4 is 10.1 Å². The minimum Gasteiger partial charge on any atom is -0.497 e. The average molecular weight is 442 g/mol. The molecule has 4 aromatic rings. The van der Waals surface area contributed by atoms with Crippen molar-refractivity contribution in [3.05, 3.63) is 90.0 Å². The van der Waals surface area contributed by atoms with Crippen LogP contribution in [0.5, 0.6) is 5.75 Å². The number of aromatic nitrogens is 1. The molecular formula is C27H24FN3O2. The number of anilines is 1. The van der Waals surface area contributed by atoms with E-state index in [1.54, 1.807) is 25.3 Å².